The largest absolute Gasteiger partial charge is 0.368 e. The van der Waals surface area contributed by atoms with E-state index in [9.17, 15) is 14.0 Å². The lowest BCUT2D eigenvalue weighted by atomic mass is 10.1. The van der Waals surface area contributed by atoms with Crippen molar-refractivity contribution in [1.82, 2.24) is 14.7 Å². The Morgan fingerprint density at radius 3 is 2.58 bits per heavy atom. The summed E-state index contributed by atoms with van der Waals surface area (Å²) in [6.07, 6.45) is 0. The Kier molecular flexibility index (Phi) is 5.61. The van der Waals surface area contributed by atoms with Crippen LogP contribution in [-0.2, 0) is 6.54 Å². The number of aryl methyl sites for hydroxylation is 1. The molecule has 0 saturated carbocycles. The van der Waals surface area contributed by atoms with E-state index in [0.29, 0.717) is 43.3 Å². The second-order valence-electron chi connectivity index (χ2n) is 7.25. The molecule has 0 aliphatic carbocycles. The normalized spacial score (nSPS) is 14.0. The van der Waals surface area contributed by atoms with Crippen molar-refractivity contribution in [3.63, 3.8) is 0 Å². The summed E-state index contributed by atoms with van der Waals surface area (Å²) in [7, 11) is 0. The van der Waals surface area contributed by atoms with Gasteiger partial charge in [0.25, 0.3) is 11.5 Å². The van der Waals surface area contributed by atoms with Gasteiger partial charge in [0.05, 0.1) is 17.0 Å². The van der Waals surface area contributed by atoms with Gasteiger partial charge in [0.1, 0.15) is 5.82 Å². The van der Waals surface area contributed by atoms with Gasteiger partial charge in [-0.25, -0.2) is 9.07 Å². The van der Waals surface area contributed by atoms with E-state index in [1.807, 2.05) is 0 Å². The predicted octanol–water partition coefficient (Wildman–Crippen LogP) is 3.04. The number of fused-ring (bicyclic) bond motifs is 1. The summed E-state index contributed by atoms with van der Waals surface area (Å²) < 4.78 is 15.1. The van der Waals surface area contributed by atoms with Gasteiger partial charge in [-0.15, -0.1) is 0 Å². The molecule has 0 spiro atoms. The Bertz CT molecular complexity index is 1280. The van der Waals surface area contributed by atoms with Crippen molar-refractivity contribution in [3.05, 3.63) is 68.8 Å². The molecule has 0 bridgehead atoms. The lowest BCUT2D eigenvalue weighted by molar-refractivity contribution is 0.0740. The number of amides is 1. The third-order valence-corrected chi connectivity index (χ3v) is 5.59. The van der Waals surface area contributed by atoms with Crippen LogP contribution in [0.1, 0.15) is 23.0 Å². The number of nitriles is 1. The van der Waals surface area contributed by atoms with Crippen LogP contribution < -0.4 is 10.5 Å². The minimum atomic E-state index is -0.531. The summed E-state index contributed by atoms with van der Waals surface area (Å²) >= 11 is 6.11. The lowest BCUT2D eigenvalue weighted by Gasteiger charge is -2.36. The number of anilines is 1. The number of hydrogen-bond acceptors (Lipinski definition) is 5. The van der Waals surface area contributed by atoms with Gasteiger partial charge >= 0.3 is 0 Å². The highest BCUT2D eigenvalue weighted by molar-refractivity contribution is 6.31. The first kappa shape index (κ1) is 20.8. The van der Waals surface area contributed by atoms with E-state index >= 15 is 0 Å². The van der Waals surface area contributed by atoms with Crippen molar-refractivity contribution < 1.29 is 9.18 Å². The van der Waals surface area contributed by atoms with Gasteiger partial charge in [0, 0.05) is 48.8 Å². The molecule has 1 aromatic heterocycles. The van der Waals surface area contributed by atoms with Crippen LogP contribution in [0.3, 0.4) is 0 Å². The second kappa shape index (κ2) is 8.36. The number of nitrogens with zero attached hydrogens (tertiary/aromatic N) is 5. The first-order valence-electron chi connectivity index (χ1n) is 9.86. The first-order valence-corrected chi connectivity index (χ1v) is 10.2. The molecule has 3 aromatic rings. The fourth-order valence-corrected chi connectivity index (χ4v) is 4.00. The average molecular weight is 440 g/mol. The van der Waals surface area contributed by atoms with Gasteiger partial charge in [-0.1, -0.05) is 11.6 Å². The molecular weight excluding hydrogens is 421 g/mol. The van der Waals surface area contributed by atoms with Crippen molar-refractivity contribution >= 4 is 34.0 Å². The maximum atomic E-state index is 13.9. The summed E-state index contributed by atoms with van der Waals surface area (Å²) in [5.74, 6) is -0.877. The van der Waals surface area contributed by atoms with Gasteiger partial charge < -0.3 is 9.80 Å². The van der Waals surface area contributed by atoms with Crippen molar-refractivity contribution in [1.29, 1.82) is 5.26 Å². The van der Waals surface area contributed by atoms with Crippen LogP contribution >= 0.6 is 11.6 Å². The molecule has 1 aliphatic heterocycles. The number of benzene rings is 2. The Balaban J connectivity index is 1.61. The number of halogens is 2. The number of aromatic nitrogens is 2. The number of piperazine rings is 1. The summed E-state index contributed by atoms with van der Waals surface area (Å²) in [4.78, 5) is 29.5. The molecule has 2 heterocycles. The smallest absolute Gasteiger partial charge is 0.275 e. The standard InChI is InChI=1S/C22H19ClFN5O2/c1-2-29-21(30)18-4-3-16(24)12-19(18)20(26-29)22(31)28-7-5-27(6-8-28)17-10-14(13-25)9-15(23)11-17/h3-4,9-12H,2,5-8H2,1H3. The lowest BCUT2D eigenvalue weighted by Crippen LogP contribution is -2.49. The maximum Gasteiger partial charge on any atom is 0.275 e. The Morgan fingerprint density at radius 2 is 1.90 bits per heavy atom. The van der Waals surface area contributed by atoms with E-state index in [4.69, 9.17) is 16.9 Å². The van der Waals surface area contributed by atoms with Crippen LogP contribution in [-0.4, -0.2) is 46.8 Å². The molecule has 0 unspecified atom stereocenters. The highest BCUT2D eigenvalue weighted by atomic mass is 35.5. The second-order valence-corrected chi connectivity index (χ2v) is 7.69. The van der Waals surface area contributed by atoms with E-state index < -0.39 is 5.82 Å². The summed E-state index contributed by atoms with van der Waals surface area (Å²) in [6.45, 7) is 3.97. The fourth-order valence-electron chi connectivity index (χ4n) is 3.77. The number of carbonyl (C=O) groups is 1. The van der Waals surface area contributed by atoms with E-state index in [-0.39, 0.29) is 27.9 Å². The molecule has 31 heavy (non-hydrogen) atoms. The summed E-state index contributed by atoms with van der Waals surface area (Å²) in [5.41, 5.74) is 1.01. The topological polar surface area (TPSA) is 82.2 Å². The molecule has 1 saturated heterocycles. The molecule has 1 aliphatic rings. The molecule has 158 valence electrons. The zero-order valence-corrected chi connectivity index (χ0v) is 17.6. The highest BCUT2D eigenvalue weighted by Crippen LogP contribution is 2.24. The van der Waals surface area contributed by atoms with Gasteiger partial charge in [0.15, 0.2) is 5.69 Å². The minimum absolute atomic E-state index is 0.0684. The monoisotopic (exact) mass is 439 g/mol. The van der Waals surface area contributed by atoms with Crippen molar-refractivity contribution in [2.45, 2.75) is 13.5 Å². The van der Waals surface area contributed by atoms with E-state index in [2.05, 4.69) is 16.1 Å². The molecule has 4 rings (SSSR count). The van der Waals surface area contributed by atoms with E-state index in [0.717, 1.165) is 5.69 Å². The van der Waals surface area contributed by atoms with Crippen LogP contribution in [0.25, 0.3) is 10.8 Å². The third-order valence-electron chi connectivity index (χ3n) is 5.37. The number of carbonyl (C=O) groups excluding carboxylic acids is 1. The summed E-state index contributed by atoms with van der Waals surface area (Å²) in [5, 5.41) is 14.3. The average Bonchev–Trinajstić information content (AvgIpc) is 2.78. The molecule has 7 nitrogen and oxygen atoms in total. The van der Waals surface area contributed by atoms with Crippen LogP contribution in [0.2, 0.25) is 5.02 Å². The quantitative estimate of drug-likeness (QED) is 0.626. The van der Waals surface area contributed by atoms with E-state index in [1.165, 1.54) is 22.9 Å². The number of rotatable bonds is 3. The van der Waals surface area contributed by atoms with Crippen molar-refractivity contribution in [2.24, 2.45) is 0 Å². The van der Waals surface area contributed by atoms with Gasteiger partial charge in [-0.2, -0.15) is 10.4 Å². The number of hydrogen-bond donors (Lipinski definition) is 0. The van der Waals surface area contributed by atoms with Crippen LogP contribution in [0.4, 0.5) is 10.1 Å². The molecule has 1 amide bonds. The fraction of sp³-hybridized carbons (Fsp3) is 0.273. The van der Waals surface area contributed by atoms with Crippen LogP contribution in [0.15, 0.2) is 41.2 Å². The molecule has 2 aromatic carbocycles. The Morgan fingerprint density at radius 1 is 1.16 bits per heavy atom. The Labute approximate surface area is 182 Å². The molecule has 0 N–H and O–H groups in total. The third kappa shape index (κ3) is 3.97. The van der Waals surface area contributed by atoms with Crippen molar-refractivity contribution in [3.8, 4) is 6.07 Å². The summed E-state index contributed by atoms with van der Waals surface area (Å²) in [6, 6.07) is 11.0. The zero-order valence-electron chi connectivity index (χ0n) is 16.8. The van der Waals surface area contributed by atoms with Crippen molar-refractivity contribution in [2.75, 3.05) is 31.1 Å². The first-order chi connectivity index (χ1) is 14.9. The molecule has 9 heteroatoms. The molecule has 0 atom stereocenters. The molecule has 1 fully saturated rings. The van der Waals surface area contributed by atoms with Gasteiger partial charge in [0.2, 0.25) is 0 Å². The van der Waals surface area contributed by atoms with Crippen LogP contribution in [0, 0.1) is 17.1 Å². The SMILES string of the molecule is CCn1nc(C(=O)N2CCN(c3cc(Cl)cc(C#N)c3)CC2)c2cc(F)ccc2c1=O. The zero-order chi connectivity index (χ0) is 22.1. The molecule has 0 radical (unpaired) electrons. The van der Waals surface area contributed by atoms with Gasteiger partial charge in [-0.05, 0) is 43.3 Å². The molecular formula is C22H19ClFN5O2. The predicted molar refractivity (Wildman–Crippen MR) is 116 cm³/mol. The van der Waals surface area contributed by atoms with Gasteiger partial charge in [-0.3, -0.25) is 9.59 Å². The highest BCUT2D eigenvalue weighted by Gasteiger charge is 2.26. The minimum Gasteiger partial charge on any atom is -0.368 e. The Hall–Kier alpha value is -3.44. The maximum absolute atomic E-state index is 13.9. The van der Waals surface area contributed by atoms with Crippen LogP contribution in [0.5, 0.6) is 0 Å². The van der Waals surface area contributed by atoms with E-state index in [1.54, 1.807) is 30.0 Å².